The number of benzene rings is 2. The van der Waals surface area contributed by atoms with Crippen LogP contribution in [0.25, 0.3) is 0 Å². The van der Waals surface area contributed by atoms with Gasteiger partial charge in [-0.15, -0.1) is 0 Å². The van der Waals surface area contributed by atoms with Gasteiger partial charge in [-0.1, -0.05) is 37.3 Å². The molecule has 7 heteroatoms. The van der Waals surface area contributed by atoms with Crippen molar-refractivity contribution in [3.8, 4) is 5.75 Å². The monoisotopic (exact) mass is 417 g/mol. The normalized spacial score (nSPS) is 30.1. The van der Waals surface area contributed by atoms with Gasteiger partial charge >= 0.3 is 0 Å². The molecule has 3 rings (SSSR count). The van der Waals surface area contributed by atoms with Crippen LogP contribution in [0.1, 0.15) is 37.5 Å². The predicted octanol–water partition coefficient (Wildman–Crippen LogP) is 1.38. The van der Waals surface area contributed by atoms with Crippen LogP contribution in [-0.4, -0.2) is 56.7 Å². The number of anilines is 1. The smallest absolute Gasteiger partial charge is 0.229 e. The van der Waals surface area contributed by atoms with Crippen LogP contribution in [-0.2, 0) is 17.6 Å². The van der Waals surface area contributed by atoms with Gasteiger partial charge < -0.3 is 35.6 Å². The third-order valence-electron chi connectivity index (χ3n) is 5.66. The van der Waals surface area contributed by atoms with Crippen molar-refractivity contribution in [1.82, 2.24) is 0 Å². The first-order valence-electron chi connectivity index (χ1n) is 10.2. The van der Waals surface area contributed by atoms with E-state index in [-0.39, 0.29) is 0 Å². The summed E-state index contributed by atoms with van der Waals surface area (Å²) >= 11 is 0. The number of ether oxygens (including phenoxy) is 2. The molecule has 0 bridgehead atoms. The Bertz CT molecular complexity index is 851. The summed E-state index contributed by atoms with van der Waals surface area (Å²) in [6, 6.07) is 13.5. The van der Waals surface area contributed by atoms with Gasteiger partial charge in [-0.05, 0) is 43.0 Å². The van der Waals surface area contributed by atoms with Crippen molar-refractivity contribution in [2.75, 3.05) is 5.73 Å². The molecule has 0 spiro atoms. The van der Waals surface area contributed by atoms with Crippen LogP contribution in [0.5, 0.6) is 5.75 Å². The maximum Gasteiger partial charge on any atom is 0.229 e. The van der Waals surface area contributed by atoms with E-state index >= 15 is 0 Å². The van der Waals surface area contributed by atoms with Crippen LogP contribution in [0.3, 0.4) is 0 Å². The fraction of sp³-hybridized carbons (Fsp3) is 0.478. The minimum Gasteiger partial charge on any atom is -0.462 e. The fourth-order valence-electron chi connectivity index (χ4n) is 3.79. The van der Waals surface area contributed by atoms with E-state index in [0.29, 0.717) is 17.9 Å². The molecular weight excluding hydrogens is 386 g/mol. The second-order valence-electron chi connectivity index (χ2n) is 8.16. The van der Waals surface area contributed by atoms with E-state index in [9.17, 15) is 20.4 Å². The number of nitrogen functional groups attached to an aromatic ring is 1. The van der Waals surface area contributed by atoms with Gasteiger partial charge in [0.2, 0.25) is 6.29 Å². The molecule has 164 valence electrons. The maximum absolute atomic E-state index is 10.5. The molecule has 7 nitrogen and oxygen atoms in total. The van der Waals surface area contributed by atoms with Gasteiger partial charge in [0.05, 0.1) is 6.10 Å². The SMILES string of the molecule is CCc1ccc(Cc2ccc(N)cc2O[C@@H]2O[C@H]([C@@H](C)O)[C@@](C)(O)[C@H](O)[C@H]2O)cc1. The summed E-state index contributed by atoms with van der Waals surface area (Å²) in [7, 11) is 0. The summed E-state index contributed by atoms with van der Waals surface area (Å²) in [5.41, 5.74) is 7.71. The van der Waals surface area contributed by atoms with Gasteiger partial charge in [0, 0.05) is 18.2 Å². The van der Waals surface area contributed by atoms with Crippen LogP contribution in [0.4, 0.5) is 5.69 Å². The lowest BCUT2D eigenvalue weighted by atomic mass is 9.83. The highest BCUT2D eigenvalue weighted by Gasteiger charge is 2.54. The zero-order valence-electron chi connectivity index (χ0n) is 17.5. The molecule has 6 atom stereocenters. The molecule has 1 aliphatic heterocycles. The zero-order valence-corrected chi connectivity index (χ0v) is 17.5. The van der Waals surface area contributed by atoms with Gasteiger partial charge in [0.25, 0.3) is 0 Å². The van der Waals surface area contributed by atoms with Gasteiger partial charge in [-0.25, -0.2) is 0 Å². The lowest BCUT2D eigenvalue weighted by Gasteiger charge is -2.47. The Balaban J connectivity index is 1.85. The van der Waals surface area contributed by atoms with E-state index in [4.69, 9.17) is 15.2 Å². The quantitative estimate of drug-likeness (QED) is 0.450. The molecule has 1 aliphatic rings. The summed E-state index contributed by atoms with van der Waals surface area (Å²) in [4.78, 5) is 0. The molecule has 0 aliphatic carbocycles. The Kier molecular flexibility index (Phi) is 6.69. The van der Waals surface area contributed by atoms with Crippen LogP contribution in [0.15, 0.2) is 42.5 Å². The average Bonchev–Trinajstić information content (AvgIpc) is 2.70. The summed E-state index contributed by atoms with van der Waals surface area (Å²) < 4.78 is 11.6. The molecule has 1 heterocycles. The number of hydrogen-bond donors (Lipinski definition) is 5. The van der Waals surface area contributed by atoms with Crippen molar-refractivity contribution in [1.29, 1.82) is 0 Å². The molecule has 0 saturated carbocycles. The van der Waals surface area contributed by atoms with E-state index in [0.717, 1.165) is 17.5 Å². The highest BCUT2D eigenvalue weighted by Crippen LogP contribution is 2.34. The summed E-state index contributed by atoms with van der Waals surface area (Å²) in [6.07, 6.45) is -5.08. The molecule has 0 aromatic heterocycles. The standard InChI is InChI=1S/C23H31NO6/c1-4-14-5-7-15(8-6-14)11-16-9-10-17(24)12-18(16)29-22-19(26)20(27)23(3,28)21(30-22)13(2)25/h5-10,12-13,19-22,25-28H,4,11,24H2,1-3H3/t13-,19-,20-,21-,22-,23+/m1/s1. The van der Waals surface area contributed by atoms with E-state index in [1.165, 1.54) is 19.4 Å². The van der Waals surface area contributed by atoms with Gasteiger partial charge in [-0.2, -0.15) is 0 Å². The van der Waals surface area contributed by atoms with E-state index in [1.54, 1.807) is 12.1 Å². The Morgan fingerprint density at radius 2 is 1.77 bits per heavy atom. The van der Waals surface area contributed by atoms with E-state index in [1.807, 2.05) is 6.07 Å². The molecule has 0 amide bonds. The highest BCUT2D eigenvalue weighted by atomic mass is 16.7. The van der Waals surface area contributed by atoms with Gasteiger partial charge in [-0.3, -0.25) is 0 Å². The molecule has 0 radical (unpaired) electrons. The molecule has 0 unspecified atom stereocenters. The van der Waals surface area contributed by atoms with Gasteiger partial charge in [0.1, 0.15) is 29.7 Å². The third kappa shape index (κ3) is 4.61. The van der Waals surface area contributed by atoms with E-state index < -0.39 is 36.3 Å². The Morgan fingerprint density at radius 3 is 2.37 bits per heavy atom. The molecule has 1 saturated heterocycles. The predicted molar refractivity (Wildman–Crippen MR) is 113 cm³/mol. The maximum atomic E-state index is 10.5. The number of rotatable bonds is 6. The first kappa shape index (κ1) is 22.5. The van der Waals surface area contributed by atoms with Crippen molar-refractivity contribution >= 4 is 5.69 Å². The molecule has 30 heavy (non-hydrogen) atoms. The van der Waals surface area contributed by atoms with Crippen LogP contribution >= 0.6 is 0 Å². The van der Waals surface area contributed by atoms with Crippen molar-refractivity contribution in [3.05, 3.63) is 59.2 Å². The lowest BCUT2D eigenvalue weighted by Crippen LogP contribution is -2.68. The third-order valence-corrected chi connectivity index (χ3v) is 5.66. The number of nitrogens with two attached hydrogens (primary N) is 1. The van der Waals surface area contributed by atoms with Crippen LogP contribution in [0, 0.1) is 0 Å². The number of aliphatic hydroxyl groups is 4. The molecule has 2 aromatic rings. The first-order chi connectivity index (χ1) is 14.1. The lowest BCUT2D eigenvalue weighted by molar-refractivity contribution is -0.317. The second-order valence-corrected chi connectivity index (χ2v) is 8.16. The minimum atomic E-state index is -1.84. The van der Waals surface area contributed by atoms with Crippen molar-refractivity contribution in [2.45, 2.75) is 69.9 Å². The number of aliphatic hydroxyl groups excluding tert-OH is 3. The number of hydrogen-bond acceptors (Lipinski definition) is 7. The Morgan fingerprint density at radius 1 is 1.13 bits per heavy atom. The highest BCUT2D eigenvalue weighted by molar-refractivity contribution is 5.50. The van der Waals surface area contributed by atoms with Crippen molar-refractivity contribution < 1.29 is 29.9 Å². The first-order valence-corrected chi connectivity index (χ1v) is 10.2. The Labute approximate surface area is 176 Å². The molecule has 6 N–H and O–H groups in total. The fourth-order valence-corrected chi connectivity index (χ4v) is 3.79. The molecule has 2 aromatic carbocycles. The minimum absolute atomic E-state index is 0.400. The topological polar surface area (TPSA) is 125 Å². The van der Waals surface area contributed by atoms with Crippen LogP contribution in [0.2, 0.25) is 0 Å². The van der Waals surface area contributed by atoms with Crippen LogP contribution < -0.4 is 10.5 Å². The largest absolute Gasteiger partial charge is 0.462 e. The number of aryl methyl sites for hydroxylation is 1. The van der Waals surface area contributed by atoms with Crippen molar-refractivity contribution in [3.63, 3.8) is 0 Å². The second kappa shape index (κ2) is 8.91. The van der Waals surface area contributed by atoms with Crippen molar-refractivity contribution in [2.24, 2.45) is 0 Å². The summed E-state index contributed by atoms with van der Waals surface area (Å²) in [5.74, 6) is 0.400. The van der Waals surface area contributed by atoms with E-state index in [2.05, 4.69) is 31.2 Å². The average molecular weight is 418 g/mol. The van der Waals surface area contributed by atoms with Gasteiger partial charge in [0.15, 0.2) is 0 Å². The summed E-state index contributed by atoms with van der Waals surface area (Å²) in [5, 5.41) is 41.3. The molecule has 1 fully saturated rings. The zero-order chi connectivity index (χ0) is 22.1. The Hall–Kier alpha value is -2.16. The molecular formula is C23H31NO6. The summed E-state index contributed by atoms with van der Waals surface area (Å²) in [6.45, 7) is 4.84.